The van der Waals surface area contributed by atoms with E-state index >= 15 is 0 Å². The van der Waals surface area contributed by atoms with E-state index in [4.69, 9.17) is 0 Å². The van der Waals surface area contributed by atoms with Crippen LogP contribution in [0.4, 0.5) is 0 Å². The normalized spacial score (nSPS) is 20.2. The van der Waals surface area contributed by atoms with Crippen molar-refractivity contribution < 1.29 is 0 Å². The highest BCUT2D eigenvalue weighted by molar-refractivity contribution is 9.10. The number of aryl methyl sites for hydroxylation is 1. The van der Waals surface area contributed by atoms with Crippen molar-refractivity contribution in [1.82, 2.24) is 15.1 Å². The Morgan fingerprint density at radius 3 is 2.56 bits per heavy atom. The zero-order valence-electron chi connectivity index (χ0n) is 11.7. The first-order chi connectivity index (χ1) is 8.64. The lowest BCUT2D eigenvalue weighted by Gasteiger charge is -2.37. The van der Waals surface area contributed by atoms with Crippen molar-refractivity contribution in [3.05, 3.63) is 16.4 Å². The molecular weight excluding hydrogens is 290 g/mol. The minimum atomic E-state index is 0.409. The monoisotopic (exact) mass is 313 g/mol. The molecule has 0 radical (unpaired) electrons. The van der Waals surface area contributed by atoms with Crippen molar-refractivity contribution in [1.29, 1.82) is 0 Å². The SMILES string of the molecule is CCNC(c1c(Br)cnn1C)C1(CC)CCCC1. The van der Waals surface area contributed by atoms with Crippen LogP contribution in [0.5, 0.6) is 0 Å². The molecule has 0 aromatic carbocycles. The van der Waals surface area contributed by atoms with Gasteiger partial charge in [-0.2, -0.15) is 5.10 Å². The molecule has 1 aromatic rings. The van der Waals surface area contributed by atoms with Gasteiger partial charge in [0, 0.05) is 7.05 Å². The van der Waals surface area contributed by atoms with Gasteiger partial charge in [0.05, 0.1) is 22.4 Å². The molecule has 0 amide bonds. The van der Waals surface area contributed by atoms with Gasteiger partial charge in [-0.3, -0.25) is 4.68 Å². The van der Waals surface area contributed by atoms with Crippen molar-refractivity contribution in [2.45, 2.75) is 52.0 Å². The molecule has 3 nitrogen and oxygen atoms in total. The summed E-state index contributed by atoms with van der Waals surface area (Å²) in [6.45, 7) is 5.53. The van der Waals surface area contributed by atoms with E-state index in [1.165, 1.54) is 37.8 Å². The van der Waals surface area contributed by atoms with E-state index in [9.17, 15) is 0 Å². The second kappa shape index (κ2) is 5.74. The summed E-state index contributed by atoms with van der Waals surface area (Å²) in [7, 11) is 2.04. The molecule has 1 saturated carbocycles. The van der Waals surface area contributed by atoms with Gasteiger partial charge in [0.2, 0.25) is 0 Å². The number of hydrogen-bond acceptors (Lipinski definition) is 2. The predicted octanol–water partition coefficient (Wildman–Crippen LogP) is 3.80. The first kappa shape index (κ1) is 14.1. The largest absolute Gasteiger partial charge is 0.308 e. The maximum absolute atomic E-state index is 4.39. The molecule has 1 heterocycles. The fraction of sp³-hybridized carbons (Fsp3) is 0.786. The summed E-state index contributed by atoms with van der Waals surface area (Å²) in [6, 6.07) is 0.414. The molecule has 0 spiro atoms. The number of halogens is 1. The van der Waals surface area contributed by atoms with Crippen LogP contribution in [-0.2, 0) is 7.05 Å². The van der Waals surface area contributed by atoms with E-state index < -0.39 is 0 Å². The van der Waals surface area contributed by atoms with Gasteiger partial charge in [0.15, 0.2) is 0 Å². The minimum absolute atomic E-state index is 0.409. The maximum Gasteiger partial charge on any atom is 0.0698 e. The van der Waals surface area contributed by atoms with Crippen LogP contribution in [0.3, 0.4) is 0 Å². The lowest BCUT2D eigenvalue weighted by molar-refractivity contribution is 0.181. The zero-order chi connectivity index (χ0) is 13.2. The Balaban J connectivity index is 2.39. The van der Waals surface area contributed by atoms with E-state index in [1.54, 1.807) is 0 Å². The molecule has 2 rings (SSSR count). The van der Waals surface area contributed by atoms with Gasteiger partial charge < -0.3 is 5.32 Å². The van der Waals surface area contributed by atoms with Crippen molar-refractivity contribution >= 4 is 15.9 Å². The van der Waals surface area contributed by atoms with Crippen LogP contribution in [-0.4, -0.2) is 16.3 Å². The third-order valence-electron chi connectivity index (χ3n) is 4.54. The van der Waals surface area contributed by atoms with E-state index in [0.29, 0.717) is 11.5 Å². The molecule has 0 bridgehead atoms. The Bertz CT molecular complexity index is 374. The maximum atomic E-state index is 4.39. The molecule has 1 unspecified atom stereocenters. The summed E-state index contributed by atoms with van der Waals surface area (Å²) in [6.07, 6.45) is 8.55. The van der Waals surface area contributed by atoms with Crippen LogP contribution >= 0.6 is 15.9 Å². The predicted molar refractivity (Wildman–Crippen MR) is 78.5 cm³/mol. The van der Waals surface area contributed by atoms with Crippen molar-refractivity contribution in [2.24, 2.45) is 12.5 Å². The quantitative estimate of drug-likeness (QED) is 0.896. The Hall–Kier alpha value is -0.350. The van der Waals surface area contributed by atoms with E-state index in [2.05, 4.69) is 40.2 Å². The van der Waals surface area contributed by atoms with Gasteiger partial charge in [0.25, 0.3) is 0 Å². The average Bonchev–Trinajstić information content (AvgIpc) is 2.96. The van der Waals surface area contributed by atoms with Crippen molar-refractivity contribution in [3.8, 4) is 0 Å². The van der Waals surface area contributed by atoms with Gasteiger partial charge in [-0.15, -0.1) is 0 Å². The number of nitrogens with zero attached hydrogens (tertiary/aromatic N) is 2. The molecule has 102 valence electrons. The lowest BCUT2D eigenvalue weighted by Crippen LogP contribution is -2.37. The molecule has 1 fully saturated rings. The highest BCUT2D eigenvalue weighted by Gasteiger charge is 2.42. The number of nitrogens with one attached hydrogen (secondary N) is 1. The van der Waals surface area contributed by atoms with Gasteiger partial charge in [-0.25, -0.2) is 0 Å². The van der Waals surface area contributed by atoms with Crippen LogP contribution in [0.2, 0.25) is 0 Å². The van der Waals surface area contributed by atoms with E-state index in [1.807, 2.05) is 17.9 Å². The summed E-state index contributed by atoms with van der Waals surface area (Å²) in [4.78, 5) is 0. The standard InChI is InChI=1S/C14H24BrN3/c1-4-14(8-6-7-9-14)13(16-5-2)12-11(15)10-17-18(12)3/h10,13,16H,4-9H2,1-3H3. The average molecular weight is 314 g/mol. The van der Waals surface area contributed by atoms with Gasteiger partial charge in [-0.1, -0.05) is 26.7 Å². The molecule has 1 aliphatic carbocycles. The highest BCUT2D eigenvalue weighted by Crippen LogP contribution is 2.50. The van der Waals surface area contributed by atoms with Crippen LogP contribution < -0.4 is 5.32 Å². The minimum Gasteiger partial charge on any atom is -0.308 e. The van der Waals surface area contributed by atoms with Gasteiger partial charge >= 0.3 is 0 Å². The second-order valence-corrected chi connectivity index (χ2v) is 6.27. The van der Waals surface area contributed by atoms with E-state index in [0.717, 1.165) is 11.0 Å². The summed E-state index contributed by atoms with van der Waals surface area (Å²) in [5.74, 6) is 0. The topological polar surface area (TPSA) is 29.9 Å². The first-order valence-electron chi connectivity index (χ1n) is 7.05. The zero-order valence-corrected chi connectivity index (χ0v) is 13.3. The second-order valence-electron chi connectivity index (χ2n) is 5.42. The molecule has 1 aromatic heterocycles. The van der Waals surface area contributed by atoms with Crippen LogP contribution in [0, 0.1) is 5.41 Å². The fourth-order valence-electron chi connectivity index (χ4n) is 3.48. The lowest BCUT2D eigenvalue weighted by atomic mass is 9.74. The number of aromatic nitrogens is 2. The van der Waals surface area contributed by atoms with Crippen molar-refractivity contribution in [3.63, 3.8) is 0 Å². The molecule has 0 aliphatic heterocycles. The van der Waals surface area contributed by atoms with Crippen LogP contribution in [0.15, 0.2) is 10.7 Å². The van der Waals surface area contributed by atoms with E-state index in [-0.39, 0.29) is 0 Å². The Labute approximate surface area is 118 Å². The van der Waals surface area contributed by atoms with Gasteiger partial charge in [-0.05, 0) is 47.2 Å². The fourth-order valence-corrected chi connectivity index (χ4v) is 4.05. The Morgan fingerprint density at radius 1 is 1.44 bits per heavy atom. The van der Waals surface area contributed by atoms with Crippen molar-refractivity contribution in [2.75, 3.05) is 6.54 Å². The number of rotatable bonds is 5. The smallest absolute Gasteiger partial charge is 0.0698 e. The summed E-state index contributed by atoms with van der Waals surface area (Å²) >= 11 is 3.66. The van der Waals surface area contributed by atoms with Crippen LogP contribution in [0.1, 0.15) is 57.7 Å². The van der Waals surface area contributed by atoms with Crippen LogP contribution in [0.25, 0.3) is 0 Å². The molecule has 1 atom stereocenters. The molecule has 0 saturated heterocycles. The third-order valence-corrected chi connectivity index (χ3v) is 5.15. The molecule has 1 aliphatic rings. The Morgan fingerprint density at radius 2 is 2.11 bits per heavy atom. The van der Waals surface area contributed by atoms with Gasteiger partial charge in [0.1, 0.15) is 0 Å². The third kappa shape index (κ3) is 2.37. The molecule has 1 N–H and O–H groups in total. The summed E-state index contributed by atoms with van der Waals surface area (Å²) < 4.78 is 3.16. The summed E-state index contributed by atoms with van der Waals surface area (Å²) in [5, 5.41) is 8.10. The molecule has 18 heavy (non-hydrogen) atoms. The highest BCUT2D eigenvalue weighted by atomic mass is 79.9. The Kier molecular flexibility index (Phi) is 4.49. The summed E-state index contributed by atoms with van der Waals surface area (Å²) in [5.41, 5.74) is 1.72. The first-order valence-corrected chi connectivity index (χ1v) is 7.84. The molecular formula is C14H24BrN3. The number of hydrogen-bond donors (Lipinski definition) is 1. The molecule has 4 heteroatoms.